The van der Waals surface area contributed by atoms with Gasteiger partial charge >= 0.3 is 0 Å². The molecule has 164 valence electrons. The van der Waals surface area contributed by atoms with E-state index < -0.39 is 0 Å². The average Bonchev–Trinajstić information content (AvgIpc) is 2.81. The van der Waals surface area contributed by atoms with Crippen molar-refractivity contribution in [1.29, 1.82) is 0 Å². The van der Waals surface area contributed by atoms with Crippen molar-refractivity contribution in [2.75, 3.05) is 13.2 Å². The molecule has 3 aromatic carbocycles. The van der Waals surface area contributed by atoms with E-state index in [1.165, 1.54) is 18.2 Å². The van der Waals surface area contributed by atoms with E-state index >= 15 is 0 Å². The standard InChI is InChI=1S/C28H26F2O2/c1-2-3-4-22-18-31-28(32-19-22)14-8-21-6-10-23(27(30)16-21)9-5-20-7-11-25-17-26(29)13-12-24(25)15-20/h2,6-7,10-13,15-17,22,28H,1,3-4,8,14,18-19H2. The maximum Gasteiger partial charge on any atom is 0.157 e. The Morgan fingerprint density at radius 1 is 0.906 bits per heavy atom. The van der Waals surface area contributed by atoms with Gasteiger partial charge in [0.1, 0.15) is 11.6 Å². The number of benzene rings is 3. The number of allylic oxidation sites excluding steroid dienone is 1. The molecule has 32 heavy (non-hydrogen) atoms. The highest BCUT2D eigenvalue weighted by Crippen LogP contribution is 2.21. The average molecular weight is 433 g/mol. The molecule has 0 spiro atoms. The summed E-state index contributed by atoms with van der Waals surface area (Å²) in [5.41, 5.74) is 2.00. The van der Waals surface area contributed by atoms with Gasteiger partial charge in [-0.05, 0) is 72.0 Å². The summed E-state index contributed by atoms with van der Waals surface area (Å²) in [5, 5.41) is 1.71. The Bertz CT molecular complexity index is 1150. The van der Waals surface area contributed by atoms with Crippen molar-refractivity contribution in [3.05, 3.63) is 95.6 Å². The quantitative estimate of drug-likeness (QED) is 0.331. The van der Waals surface area contributed by atoms with Gasteiger partial charge in [-0.1, -0.05) is 36.1 Å². The highest BCUT2D eigenvalue weighted by Gasteiger charge is 2.21. The van der Waals surface area contributed by atoms with Crippen LogP contribution >= 0.6 is 0 Å². The van der Waals surface area contributed by atoms with Gasteiger partial charge in [-0.2, -0.15) is 0 Å². The van der Waals surface area contributed by atoms with E-state index in [0.29, 0.717) is 37.5 Å². The van der Waals surface area contributed by atoms with Crippen molar-refractivity contribution in [3.63, 3.8) is 0 Å². The normalized spacial score (nSPS) is 18.2. The van der Waals surface area contributed by atoms with E-state index in [4.69, 9.17) is 9.47 Å². The van der Waals surface area contributed by atoms with Crippen molar-refractivity contribution in [2.45, 2.75) is 32.0 Å². The highest BCUT2D eigenvalue weighted by molar-refractivity contribution is 5.83. The highest BCUT2D eigenvalue weighted by atomic mass is 19.1. The minimum absolute atomic E-state index is 0.237. The van der Waals surface area contributed by atoms with Gasteiger partial charge in [0, 0.05) is 17.9 Å². The zero-order chi connectivity index (χ0) is 22.3. The first-order chi connectivity index (χ1) is 15.6. The van der Waals surface area contributed by atoms with Gasteiger partial charge in [0.2, 0.25) is 0 Å². The van der Waals surface area contributed by atoms with Gasteiger partial charge in [0.05, 0.1) is 18.8 Å². The third-order valence-electron chi connectivity index (χ3n) is 5.66. The topological polar surface area (TPSA) is 18.5 Å². The van der Waals surface area contributed by atoms with Crippen LogP contribution in [0.15, 0.2) is 67.3 Å². The van der Waals surface area contributed by atoms with Crippen LogP contribution in [0.2, 0.25) is 0 Å². The summed E-state index contributed by atoms with van der Waals surface area (Å²) in [6, 6.07) is 15.3. The van der Waals surface area contributed by atoms with Gasteiger partial charge in [-0.15, -0.1) is 6.58 Å². The SMILES string of the molecule is C=CCCC1COC(CCc2ccc(C#Cc3ccc4cc(F)ccc4c3)c(F)c2)OC1. The molecule has 1 fully saturated rings. The van der Waals surface area contributed by atoms with E-state index in [1.807, 2.05) is 30.3 Å². The van der Waals surface area contributed by atoms with E-state index in [0.717, 1.165) is 34.7 Å². The second-order valence-corrected chi connectivity index (χ2v) is 8.14. The summed E-state index contributed by atoms with van der Waals surface area (Å²) >= 11 is 0. The summed E-state index contributed by atoms with van der Waals surface area (Å²) in [6.45, 7) is 5.14. The van der Waals surface area contributed by atoms with Crippen LogP contribution in [0, 0.1) is 29.4 Å². The Morgan fingerprint density at radius 2 is 1.69 bits per heavy atom. The van der Waals surface area contributed by atoms with Crippen molar-refractivity contribution < 1.29 is 18.3 Å². The number of aryl methyl sites for hydroxylation is 1. The summed E-state index contributed by atoms with van der Waals surface area (Å²) in [6.07, 6.45) is 5.04. The first-order valence-corrected chi connectivity index (χ1v) is 10.9. The van der Waals surface area contributed by atoms with Crippen LogP contribution < -0.4 is 0 Å². The number of halogens is 2. The lowest BCUT2D eigenvalue weighted by Crippen LogP contribution is -2.32. The second-order valence-electron chi connectivity index (χ2n) is 8.14. The Labute approximate surface area is 187 Å². The Morgan fingerprint density at radius 3 is 2.47 bits per heavy atom. The Kier molecular flexibility index (Phi) is 7.32. The third kappa shape index (κ3) is 5.82. The molecule has 2 nitrogen and oxygen atoms in total. The summed E-state index contributed by atoms with van der Waals surface area (Å²) in [5.74, 6) is 5.71. The summed E-state index contributed by atoms with van der Waals surface area (Å²) in [7, 11) is 0. The molecule has 0 N–H and O–H groups in total. The molecule has 0 aliphatic carbocycles. The molecule has 4 rings (SSSR count). The van der Waals surface area contributed by atoms with Gasteiger partial charge in [-0.25, -0.2) is 8.78 Å². The zero-order valence-corrected chi connectivity index (χ0v) is 18.0. The van der Waals surface area contributed by atoms with Crippen LogP contribution in [0.1, 0.15) is 36.0 Å². The van der Waals surface area contributed by atoms with E-state index in [-0.39, 0.29) is 17.9 Å². The fourth-order valence-electron chi connectivity index (χ4n) is 3.80. The molecule has 0 aromatic heterocycles. The molecule has 0 radical (unpaired) electrons. The maximum absolute atomic E-state index is 14.6. The maximum atomic E-state index is 14.6. The van der Waals surface area contributed by atoms with Gasteiger partial charge < -0.3 is 9.47 Å². The summed E-state index contributed by atoms with van der Waals surface area (Å²) in [4.78, 5) is 0. The molecule has 4 heteroatoms. The lowest BCUT2D eigenvalue weighted by atomic mass is 10.0. The van der Waals surface area contributed by atoms with Crippen LogP contribution in [0.25, 0.3) is 10.8 Å². The molecule has 1 aliphatic rings. The first-order valence-electron chi connectivity index (χ1n) is 10.9. The predicted octanol–water partition coefficient (Wildman–Crippen LogP) is 6.41. The van der Waals surface area contributed by atoms with Crippen LogP contribution in [-0.4, -0.2) is 19.5 Å². The molecule has 0 unspecified atom stereocenters. The largest absolute Gasteiger partial charge is 0.352 e. The van der Waals surface area contributed by atoms with Gasteiger partial charge in [0.25, 0.3) is 0 Å². The van der Waals surface area contributed by atoms with Crippen molar-refractivity contribution in [3.8, 4) is 11.8 Å². The Hall–Kier alpha value is -3.00. The predicted molar refractivity (Wildman–Crippen MR) is 123 cm³/mol. The van der Waals surface area contributed by atoms with E-state index in [1.54, 1.807) is 12.1 Å². The van der Waals surface area contributed by atoms with Crippen LogP contribution in [0.5, 0.6) is 0 Å². The molecule has 3 aromatic rings. The van der Waals surface area contributed by atoms with Crippen LogP contribution in [0.3, 0.4) is 0 Å². The molecular formula is C28H26F2O2. The van der Waals surface area contributed by atoms with Crippen molar-refractivity contribution in [1.82, 2.24) is 0 Å². The lowest BCUT2D eigenvalue weighted by molar-refractivity contribution is -0.203. The Balaban J connectivity index is 1.34. The molecule has 0 atom stereocenters. The minimum atomic E-state index is -0.340. The lowest BCUT2D eigenvalue weighted by Gasteiger charge is -2.29. The van der Waals surface area contributed by atoms with Gasteiger partial charge in [-0.3, -0.25) is 0 Å². The minimum Gasteiger partial charge on any atom is -0.352 e. The molecular weight excluding hydrogens is 406 g/mol. The molecule has 1 saturated heterocycles. The first kappa shape index (κ1) is 22.2. The molecule has 0 saturated carbocycles. The third-order valence-corrected chi connectivity index (χ3v) is 5.66. The number of fused-ring (bicyclic) bond motifs is 1. The molecule has 0 amide bonds. The molecule has 1 aliphatic heterocycles. The van der Waals surface area contributed by atoms with Crippen molar-refractivity contribution >= 4 is 10.8 Å². The summed E-state index contributed by atoms with van der Waals surface area (Å²) < 4.78 is 39.5. The number of ether oxygens (including phenoxy) is 2. The monoisotopic (exact) mass is 432 g/mol. The molecule has 1 heterocycles. The van der Waals surface area contributed by atoms with Crippen molar-refractivity contribution in [2.24, 2.45) is 5.92 Å². The van der Waals surface area contributed by atoms with E-state index in [2.05, 4.69) is 18.4 Å². The number of hydrogen-bond donors (Lipinski definition) is 0. The number of rotatable bonds is 6. The number of hydrogen-bond acceptors (Lipinski definition) is 2. The smallest absolute Gasteiger partial charge is 0.157 e. The fraction of sp³-hybridized carbons (Fsp3) is 0.286. The fourth-order valence-corrected chi connectivity index (χ4v) is 3.80. The van der Waals surface area contributed by atoms with Gasteiger partial charge in [0.15, 0.2) is 6.29 Å². The van der Waals surface area contributed by atoms with Crippen LogP contribution in [-0.2, 0) is 15.9 Å². The van der Waals surface area contributed by atoms with Crippen LogP contribution in [0.4, 0.5) is 8.78 Å². The molecule has 0 bridgehead atoms. The second kappa shape index (κ2) is 10.5. The zero-order valence-electron chi connectivity index (χ0n) is 18.0. The van der Waals surface area contributed by atoms with E-state index in [9.17, 15) is 8.78 Å².